The molecule has 0 aliphatic heterocycles. The van der Waals surface area contributed by atoms with E-state index in [-0.39, 0.29) is 0 Å². The summed E-state index contributed by atoms with van der Waals surface area (Å²) in [6.07, 6.45) is 1.75. The number of anilines is 3. The van der Waals surface area contributed by atoms with Crippen LogP contribution in [0.2, 0.25) is 5.02 Å². The van der Waals surface area contributed by atoms with Crippen molar-refractivity contribution in [2.45, 2.75) is 6.92 Å². The highest BCUT2D eigenvalue weighted by molar-refractivity contribution is 6.30. The Morgan fingerprint density at radius 3 is 2.80 bits per heavy atom. The molecule has 20 heavy (non-hydrogen) atoms. The number of halogens is 1. The second-order valence-corrected chi connectivity index (χ2v) is 5.13. The molecule has 0 atom stereocenters. The molecule has 0 radical (unpaired) electrons. The molecule has 0 aliphatic carbocycles. The van der Waals surface area contributed by atoms with Gasteiger partial charge in [0, 0.05) is 33.4 Å². The normalized spacial score (nSPS) is 10.7. The molecule has 0 saturated heterocycles. The van der Waals surface area contributed by atoms with Crippen molar-refractivity contribution >= 4 is 39.6 Å². The number of pyridine rings is 1. The minimum Gasteiger partial charge on any atom is -0.398 e. The van der Waals surface area contributed by atoms with Crippen LogP contribution in [-0.2, 0) is 0 Å². The number of nitrogens with one attached hydrogen (secondary N) is 1. The Morgan fingerprint density at radius 2 is 2.00 bits per heavy atom. The molecule has 2 aromatic carbocycles. The third-order valence-corrected chi connectivity index (χ3v) is 3.49. The van der Waals surface area contributed by atoms with Gasteiger partial charge in [0.25, 0.3) is 0 Å². The third-order valence-electron chi connectivity index (χ3n) is 3.26. The summed E-state index contributed by atoms with van der Waals surface area (Å²) in [5.74, 6) is 0.787. The molecule has 0 spiro atoms. The van der Waals surface area contributed by atoms with Crippen LogP contribution in [0.3, 0.4) is 0 Å². The lowest BCUT2D eigenvalue weighted by Crippen LogP contribution is -1.97. The molecular formula is C16H14ClN3. The van der Waals surface area contributed by atoms with Gasteiger partial charge in [-0.05, 0) is 42.8 Å². The second kappa shape index (κ2) is 5.02. The average molecular weight is 284 g/mol. The zero-order valence-electron chi connectivity index (χ0n) is 11.0. The number of fused-ring (bicyclic) bond motifs is 1. The number of nitrogens with zero attached hydrogens (tertiary/aromatic N) is 1. The van der Waals surface area contributed by atoms with Crippen molar-refractivity contribution in [3.63, 3.8) is 0 Å². The standard InChI is InChI=1S/C16H14ClN3/c1-10-5-6-14(18)13-7-8-19-16(15(10)13)20-12-4-2-3-11(17)9-12/h2-9H,18H2,1H3,(H,19,20). The Morgan fingerprint density at radius 1 is 1.15 bits per heavy atom. The molecule has 3 nitrogen and oxygen atoms in total. The van der Waals surface area contributed by atoms with E-state index in [0.717, 1.165) is 33.5 Å². The van der Waals surface area contributed by atoms with Crippen molar-refractivity contribution in [2.24, 2.45) is 0 Å². The molecule has 0 unspecified atom stereocenters. The van der Waals surface area contributed by atoms with E-state index in [9.17, 15) is 0 Å². The van der Waals surface area contributed by atoms with Crippen LogP contribution in [0, 0.1) is 6.92 Å². The zero-order valence-corrected chi connectivity index (χ0v) is 11.8. The quantitative estimate of drug-likeness (QED) is 0.680. The molecule has 0 fully saturated rings. The number of hydrogen-bond donors (Lipinski definition) is 2. The van der Waals surface area contributed by atoms with E-state index >= 15 is 0 Å². The van der Waals surface area contributed by atoms with Crippen LogP contribution in [0.5, 0.6) is 0 Å². The summed E-state index contributed by atoms with van der Waals surface area (Å²) in [5.41, 5.74) is 8.82. The summed E-state index contributed by atoms with van der Waals surface area (Å²) in [6.45, 7) is 2.05. The lowest BCUT2D eigenvalue weighted by molar-refractivity contribution is 1.33. The summed E-state index contributed by atoms with van der Waals surface area (Å²) in [4.78, 5) is 4.42. The van der Waals surface area contributed by atoms with E-state index in [1.165, 1.54) is 0 Å². The minimum absolute atomic E-state index is 0.687. The average Bonchev–Trinajstić information content (AvgIpc) is 2.43. The first-order valence-electron chi connectivity index (χ1n) is 6.31. The summed E-state index contributed by atoms with van der Waals surface area (Å²) in [6, 6.07) is 13.4. The number of benzene rings is 2. The van der Waals surface area contributed by atoms with Crippen molar-refractivity contribution in [1.82, 2.24) is 4.98 Å². The van der Waals surface area contributed by atoms with Crippen LogP contribution in [0.15, 0.2) is 48.7 Å². The number of rotatable bonds is 2. The first-order valence-corrected chi connectivity index (χ1v) is 6.69. The van der Waals surface area contributed by atoms with Gasteiger partial charge in [0.1, 0.15) is 5.82 Å². The molecule has 3 aromatic rings. The first kappa shape index (κ1) is 12.8. The molecule has 1 heterocycles. The fourth-order valence-electron chi connectivity index (χ4n) is 2.29. The number of aryl methyl sites for hydroxylation is 1. The number of hydrogen-bond acceptors (Lipinski definition) is 3. The van der Waals surface area contributed by atoms with E-state index < -0.39 is 0 Å². The molecular weight excluding hydrogens is 270 g/mol. The van der Waals surface area contributed by atoms with Gasteiger partial charge in [-0.2, -0.15) is 0 Å². The van der Waals surface area contributed by atoms with Crippen LogP contribution < -0.4 is 11.1 Å². The maximum atomic E-state index is 6.03. The van der Waals surface area contributed by atoms with Crippen LogP contribution >= 0.6 is 11.6 Å². The van der Waals surface area contributed by atoms with Gasteiger partial charge in [0.15, 0.2) is 0 Å². The van der Waals surface area contributed by atoms with E-state index in [1.54, 1.807) is 6.20 Å². The predicted molar refractivity (Wildman–Crippen MR) is 85.6 cm³/mol. The van der Waals surface area contributed by atoms with Crippen LogP contribution in [0.25, 0.3) is 10.8 Å². The van der Waals surface area contributed by atoms with Gasteiger partial charge < -0.3 is 11.1 Å². The molecule has 0 saturated carbocycles. The summed E-state index contributed by atoms with van der Waals surface area (Å²) < 4.78 is 0. The second-order valence-electron chi connectivity index (χ2n) is 4.69. The molecule has 3 N–H and O–H groups in total. The largest absolute Gasteiger partial charge is 0.398 e. The van der Waals surface area contributed by atoms with Gasteiger partial charge in [0.05, 0.1) is 0 Å². The topological polar surface area (TPSA) is 50.9 Å². The van der Waals surface area contributed by atoms with E-state index in [0.29, 0.717) is 5.02 Å². The SMILES string of the molecule is Cc1ccc(N)c2ccnc(Nc3cccc(Cl)c3)c12. The molecule has 0 aliphatic rings. The molecule has 0 bridgehead atoms. The Kier molecular flexibility index (Phi) is 3.20. The molecule has 0 amide bonds. The summed E-state index contributed by atoms with van der Waals surface area (Å²) in [7, 11) is 0. The third kappa shape index (κ3) is 2.28. The fourth-order valence-corrected chi connectivity index (χ4v) is 2.48. The molecule has 3 rings (SSSR count). The van der Waals surface area contributed by atoms with Crippen molar-refractivity contribution < 1.29 is 0 Å². The fraction of sp³-hybridized carbons (Fsp3) is 0.0625. The predicted octanol–water partition coefficient (Wildman–Crippen LogP) is 4.52. The van der Waals surface area contributed by atoms with E-state index in [1.807, 2.05) is 49.4 Å². The van der Waals surface area contributed by atoms with Gasteiger partial charge in [0.2, 0.25) is 0 Å². The molecule has 4 heteroatoms. The van der Waals surface area contributed by atoms with E-state index in [2.05, 4.69) is 10.3 Å². The van der Waals surface area contributed by atoms with Crippen molar-refractivity contribution in [1.29, 1.82) is 0 Å². The lowest BCUT2D eigenvalue weighted by atomic mass is 10.1. The van der Waals surface area contributed by atoms with Crippen LogP contribution in [-0.4, -0.2) is 4.98 Å². The van der Waals surface area contributed by atoms with Gasteiger partial charge in [-0.1, -0.05) is 23.7 Å². The highest BCUT2D eigenvalue weighted by Crippen LogP contribution is 2.31. The van der Waals surface area contributed by atoms with E-state index in [4.69, 9.17) is 17.3 Å². The van der Waals surface area contributed by atoms with Crippen molar-refractivity contribution in [3.05, 3.63) is 59.2 Å². The number of nitrogen functional groups attached to an aromatic ring is 1. The smallest absolute Gasteiger partial charge is 0.138 e. The Bertz CT molecular complexity index is 784. The lowest BCUT2D eigenvalue weighted by Gasteiger charge is -2.12. The summed E-state index contributed by atoms with van der Waals surface area (Å²) in [5, 5.41) is 6.03. The Hall–Kier alpha value is -2.26. The minimum atomic E-state index is 0.687. The van der Waals surface area contributed by atoms with Gasteiger partial charge in [-0.3, -0.25) is 0 Å². The van der Waals surface area contributed by atoms with Gasteiger partial charge in [-0.25, -0.2) is 4.98 Å². The Labute approximate surface area is 122 Å². The van der Waals surface area contributed by atoms with Crippen molar-refractivity contribution in [2.75, 3.05) is 11.1 Å². The van der Waals surface area contributed by atoms with Crippen LogP contribution in [0.1, 0.15) is 5.56 Å². The summed E-state index contributed by atoms with van der Waals surface area (Å²) >= 11 is 6.01. The number of aromatic nitrogens is 1. The first-order chi connectivity index (χ1) is 9.65. The zero-order chi connectivity index (χ0) is 14.1. The maximum Gasteiger partial charge on any atom is 0.138 e. The highest BCUT2D eigenvalue weighted by atomic mass is 35.5. The van der Waals surface area contributed by atoms with Crippen LogP contribution in [0.4, 0.5) is 17.2 Å². The maximum absolute atomic E-state index is 6.03. The van der Waals surface area contributed by atoms with Gasteiger partial charge in [-0.15, -0.1) is 0 Å². The molecule has 1 aromatic heterocycles. The number of nitrogens with two attached hydrogens (primary N) is 1. The monoisotopic (exact) mass is 283 g/mol. The van der Waals surface area contributed by atoms with Gasteiger partial charge >= 0.3 is 0 Å². The highest BCUT2D eigenvalue weighted by Gasteiger charge is 2.08. The van der Waals surface area contributed by atoms with Crippen molar-refractivity contribution in [3.8, 4) is 0 Å². The Balaban J connectivity index is 2.15. The molecule has 100 valence electrons.